The molecule has 0 saturated carbocycles. The van der Waals surface area contributed by atoms with Gasteiger partial charge in [0.15, 0.2) is 0 Å². The molecule has 1 aromatic rings. The summed E-state index contributed by atoms with van der Waals surface area (Å²) in [6.45, 7) is 6.07. The molecule has 0 aliphatic carbocycles. The first-order valence-corrected chi connectivity index (χ1v) is 7.49. The first-order valence-electron chi connectivity index (χ1n) is 6.04. The number of nitrogens with zero attached hydrogens (tertiary/aromatic N) is 2. The summed E-state index contributed by atoms with van der Waals surface area (Å²) in [6, 6.07) is 0. The average molecular weight is 256 g/mol. The maximum atomic E-state index is 4.43. The van der Waals surface area contributed by atoms with Crippen LogP contribution in [0, 0.1) is 5.92 Å². The van der Waals surface area contributed by atoms with E-state index in [0.717, 1.165) is 18.1 Å². The van der Waals surface area contributed by atoms with Crippen LogP contribution in [0.2, 0.25) is 0 Å². The fourth-order valence-electron chi connectivity index (χ4n) is 2.08. The average Bonchev–Trinajstić information content (AvgIpc) is 2.76. The lowest BCUT2D eigenvalue weighted by atomic mass is 9.99. The van der Waals surface area contributed by atoms with Crippen LogP contribution in [0.5, 0.6) is 0 Å². The van der Waals surface area contributed by atoms with Crippen LogP contribution in [0.3, 0.4) is 0 Å². The zero-order valence-corrected chi connectivity index (χ0v) is 11.6. The topological polar surface area (TPSA) is 16.1 Å². The maximum Gasteiger partial charge on any atom is 0.0940 e. The predicted octanol–water partition coefficient (Wildman–Crippen LogP) is 2.85. The van der Waals surface area contributed by atoms with Crippen molar-refractivity contribution in [2.24, 2.45) is 5.92 Å². The van der Waals surface area contributed by atoms with Crippen LogP contribution in [0.1, 0.15) is 29.7 Å². The van der Waals surface area contributed by atoms with Crippen molar-refractivity contribution in [2.45, 2.75) is 31.9 Å². The summed E-state index contributed by atoms with van der Waals surface area (Å²) in [6.07, 6.45) is 5.79. The second-order valence-corrected chi connectivity index (χ2v) is 6.17. The highest BCUT2D eigenvalue weighted by Gasteiger charge is 2.15. The van der Waals surface area contributed by atoms with Gasteiger partial charge in [-0.2, -0.15) is 12.6 Å². The summed E-state index contributed by atoms with van der Waals surface area (Å²) in [4.78, 5) is 8.28. The summed E-state index contributed by atoms with van der Waals surface area (Å²) in [5.41, 5.74) is 0. The van der Waals surface area contributed by atoms with E-state index in [9.17, 15) is 0 Å². The first-order chi connectivity index (χ1) is 7.78. The molecule has 90 valence electrons. The molecule has 0 aromatic carbocycles. The van der Waals surface area contributed by atoms with Gasteiger partial charge < -0.3 is 4.90 Å². The molecule has 1 aliphatic heterocycles. The molecule has 2 rings (SSSR count). The zero-order valence-electron chi connectivity index (χ0n) is 9.85. The van der Waals surface area contributed by atoms with E-state index >= 15 is 0 Å². The molecule has 4 heteroatoms. The van der Waals surface area contributed by atoms with Gasteiger partial charge in [-0.15, -0.1) is 11.3 Å². The van der Waals surface area contributed by atoms with Crippen molar-refractivity contribution in [1.29, 1.82) is 0 Å². The van der Waals surface area contributed by atoms with Gasteiger partial charge in [0.1, 0.15) is 0 Å². The van der Waals surface area contributed by atoms with E-state index in [1.165, 1.54) is 42.4 Å². The van der Waals surface area contributed by atoms with Gasteiger partial charge >= 0.3 is 0 Å². The fraction of sp³-hybridized carbons (Fsp3) is 0.750. The third-order valence-corrected chi connectivity index (χ3v) is 4.89. The smallest absolute Gasteiger partial charge is 0.0940 e. The molecule has 0 unspecified atom stereocenters. The van der Waals surface area contributed by atoms with Crippen LogP contribution in [0.4, 0.5) is 0 Å². The van der Waals surface area contributed by atoms with E-state index in [1.54, 1.807) is 0 Å². The lowest BCUT2D eigenvalue weighted by Gasteiger charge is -2.29. The van der Waals surface area contributed by atoms with Crippen molar-refractivity contribution in [3.05, 3.63) is 16.1 Å². The minimum Gasteiger partial charge on any atom is -0.303 e. The van der Waals surface area contributed by atoms with Crippen LogP contribution in [0.25, 0.3) is 0 Å². The molecule has 2 heterocycles. The minimum absolute atomic E-state index is 0.818. The van der Waals surface area contributed by atoms with Gasteiger partial charge in [0.2, 0.25) is 0 Å². The first kappa shape index (κ1) is 12.4. The second-order valence-electron chi connectivity index (χ2n) is 4.65. The van der Waals surface area contributed by atoms with Crippen LogP contribution >= 0.6 is 24.0 Å². The number of hydrogen-bond donors (Lipinski definition) is 1. The third-order valence-electron chi connectivity index (χ3n) is 3.28. The molecule has 1 saturated heterocycles. The van der Waals surface area contributed by atoms with Crippen molar-refractivity contribution in [3.8, 4) is 0 Å². The van der Waals surface area contributed by atoms with Gasteiger partial charge in [0.25, 0.3) is 0 Å². The van der Waals surface area contributed by atoms with E-state index in [-0.39, 0.29) is 0 Å². The summed E-state index contributed by atoms with van der Waals surface area (Å²) in [5.74, 6) is 1.74. The van der Waals surface area contributed by atoms with E-state index in [0.29, 0.717) is 0 Å². The number of likely N-dealkylation sites (tertiary alicyclic amines) is 1. The molecule has 0 radical (unpaired) electrons. The molecular formula is C12H20N2S2. The highest BCUT2D eigenvalue weighted by molar-refractivity contribution is 7.79. The predicted molar refractivity (Wildman–Crippen MR) is 73.3 cm³/mol. The van der Waals surface area contributed by atoms with Gasteiger partial charge in [-0.25, -0.2) is 4.98 Å². The Morgan fingerprint density at radius 1 is 1.50 bits per heavy atom. The molecule has 0 amide bonds. The Balaban J connectivity index is 1.74. The van der Waals surface area contributed by atoms with Gasteiger partial charge in [0, 0.05) is 29.8 Å². The number of hydrogen-bond acceptors (Lipinski definition) is 4. The Morgan fingerprint density at radius 3 is 2.88 bits per heavy atom. The van der Waals surface area contributed by atoms with E-state index in [2.05, 4.69) is 29.4 Å². The Labute approximate surface area is 107 Å². The summed E-state index contributed by atoms with van der Waals surface area (Å²) in [7, 11) is 0. The quantitative estimate of drug-likeness (QED) is 0.834. The van der Waals surface area contributed by atoms with Crippen molar-refractivity contribution < 1.29 is 0 Å². The van der Waals surface area contributed by atoms with Crippen LogP contribution < -0.4 is 0 Å². The monoisotopic (exact) mass is 256 g/mol. The van der Waals surface area contributed by atoms with E-state index < -0.39 is 0 Å². The molecule has 0 spiro atoms. The van der Waals surface area contributed by atoms with Crippen molar-refractivity contribution in [2.75, 3.05) is 19.6 Å². The Bertz CT molecular complexity index is 317. The highest BCUT2D eigenvalue weighted by atomic mass is 32.1. The minimum atomic E-state index is 0.818. The number of rotatable bonds is 4. The molecule has 1 aromatic heterocycles. The molecule has 0 atom stereocenters. The Hall–Kier alpha value is -0.0600. The highest BCUT2D eigenvalue weighted by Crippen LogP contribution is 2.18. The van der Waals surface area contributed by atoms with Crippen LogP contribution in [0.15, 0.2) is 6.20 Å². The van der Waals surface area contributed by atoms with Crippen LogP contribution in [-0.4, -0.2) is 29.5 Å². The molecule has 16 heavy (non-hydrogen) atoms. The van der Waals surface area contributed by atoms with Crippen molar-refractivity contribution in [1.82, 2.24) is 9.88 Å². The van der Waals surface area contributed by atoms with Crippen LogP contribution in [-0.2, 0) is 12.2 Å². The second kappa shape index (κ2) is 6.03. The molecular weight excluding hydrogens is 236 g/mol. The fourth-order valence-corrected chi connectivity index (χ4v) is 3.12. The van der Waals surface area contributed by atoms with Crippen molar-refractivity contribution in [3.63, 3.8) is 0 Å². The lowest BCUT2D eigenvalue weighted by molar-refractivity contribution is 0.194. The zero-order chi connectivity index (χ0) is 11.4. The SMILES string of the molecule is CC1CCN(CCc2ncc(CS)s2)CC1. The Kier molecular flexibility index (Phi) is 4.67. The Morgan fingerprint density at radius 2 is 2.25 bits per heavy atom. The molecule has 2 nitrogen and oxygen atoms in total. The largest absolute Gasteiger partial charge is 0.303 e. The van der Waals surface area contributed by atoms with Gasteiger partial charge in [-0.1, -0.05) is 6.92 Å². The van der Waals surface area contributed by atoms with Crippen molar-refractivity contribution >= 4 is 24.0 Å². The number of piperidine rings is 1. The molecule has 1 fully saturated rings. The molecule has 0 N–H and O–H groups in total. The van der Waals surface area contributed by atoms with E-state index in [4.69, 9.17) is 0 Å². The number of thiazole rings is 1. The number of aromatic nitrogens is 1. The third kappa shape index (κ3) is 3.47. The molecule has 0 bridgehead atoms. The normalized spacial score (nSPS) is 19.1. The standard InChI is InChI=1S/C12H20N2S2/c1-10-2-5-14(6-3-10)7-4-12-13-8-11(9-15)16-12/h8,10,15H,2-7,9H2,1H3. The summed E-state index contributed by atoms with van der Waals surface area (Å²) >= 11 is 6.07. The summed E-state index contributed by atoms with van der Waals surface area (Å²) in [5, 5.41) is 1.27. The maximum absolute atomic E-state index is 4.43. The van der Waals surface area contributed by atoms with E-state index in [1.807, 2.05) is 17.5 Å². The molecule has 1 aliphatic rings. The van der Waals surface area contributed by atoms with Gasteiger partial charge in [-0.05, 0) is 31.8 Å². The number of thiol groups is 1. The lowest BCUT2D eigenvalue weighted by Crippen LogP contribution is -2.34. The van der Waals surface area contributed by atoms with Gasteiger partial charge in [0.05, 0.1) is 5.01 Å². The summed E-state index contributed by atoms with van der Waals surface area (Å²) < 4.78 is 0. The van der Waals surface area contributed by atoms with Gasteiger partial charge in [-0.3, -0.25) is 0 Å².